The molecule has 0 saturated carbocycles. The Morgan fingerprint density at radius 1 is 1.12 bits per heavy atom. The van der Waals surface area contributed by atoms with E-state index in [1.54, 1.807) is 56.3 Å². The van der Waals surface area contributed by atoms with Gasteiger partial charge < -0.3 is 10.1 Å². The highest BCUT2D eigenvalue weighted by molar-refractivity contribution is 8.00. The van der Waals surface area contributed by atoms with E-state index in [-0.39, 0.29) is 11.5 Å². The highest BCUT2D eigenvalue weighted by Crippen LogP contribution is 2.29. The monoisotopic (exact) mass is 477 g/mol. The van der Waals surface area contributed by atoms with Crippen LogP contribution in [0.5, 0.6) is 5.75 Å². The van der Waals surface area contributed by atoms with Gasteiger partial charge in [0.25, 0.3) is 5.56 Å². The van der Waals surface area contributed by atoms with Crippen molar-refractivity contribution in [2.75, 3.05) is 12.4 Å². The van der Waals surface area contributed by atoms with Crippen LogP contribution in [0.3, 0.4) is 0 Å². The number of nitrogens with one attached hydrogen (secondary N) is 1. The van der Waals surface area contributed by atoms with Crippen molar-refractivity contribution in [3.05, 3.63) is 88.0 Å². The third kappa shape index (κ3) is 4.68. The summed E-state index contributed by atoms with van der Waals surface area (Å²) in [6, 6.07) is 17.1. The summed E-state index contributed by atoms with van der Waals surface area (Å²) < 4.78 is 21.1. The van der Waals surface area contributed by atoms with Crippen molar-refractivity contribution in [3.63, 3.8) is 0 Å². The van der Waals surface area contributed by atoms with E-state index in [1.165, 1.54) is 17.7 Å². The molecule has 1 atom stereocenters. The number of nitrogens with zero attached hydrogens (tertiary/aromatic N) is 2. The molecule has 0 aliphatic heterocycles. The average Bonchev–Trinajstić information content (AvgIpc) is 2.81. The van der Waals surface area contributed by atoms with Crippen LogP contribution in [0, 0.1) is 19.7 Å². The molecule has 0 radical (unpaired) electrons. The first-order valence-corrected chi connectivity index (χ1v) is 11.6. The maximum atomic E-state index is 14.4. The number of benzene rings is 3. The SMILES string of the molecule is COc1ccc(C)cc1NC(=O)C(C)Sc1nc2ccccc2c(=O)n1-c1ccc(C)c(F)c1. The minimum Gasteiger partial charge on any atom is -0.495 e. The van der Waals surface area contributed by atoms with Gasteiger partial charge in [0.2, 0.25) is 5.91 Å². The van der Waals surface area contributed by atoms with Crippen LogP contribution >= 0.6 is 11.8 Å². The van der Waals surface area contributed by atoms with Gasteiger partial charge in [-0.15, -0.1) is 0 Å². The molecule has 0 fully saturated rings. The second-order valence-electron chi connectivity index (χ2n) is 7.94. The van der Waals surface area contributed by atoms with Crippen molar-refractivity contribution in [1.82, 2.24) is 9.55 Å². The Hall–Kier alpha value is -3.65. The number of para-hydroxylation sites is 1. The Morgan fingerprint density at radius 2 is 1.88 bits per heavy atom. The van der Waals surface area contributed by atoms with Gasteiger partial charge in [-0.25, -0.2) is 9.37 Å². The van der Waals surface area contributed by atoms with E-state index in [4.69, 9.17) is 4.74 Å². The van der Waals surface area contributed by atoms with Gasteiger partial charge in [-0.3, -0.25) is 14.2 Å². The Morgan fingerprint density at radius 3 is 2.62 bits per heavy atom. The van der Waals surface area contributed by atoms with Crippen LogP contribution in [-0.2, 0) is 4.79 Å². The molecule has 6 nitrogen and oxygen atoms in total. The second kappa shape index (κ2) is 9.69. The van der Waals surface area contributed by atoms with E-state index >= 15 is 0 Å². The van der Waals surface area contributed by atoms with Crippen LogP contribution in [0.15, 0.2) is 70.6 Å². The molecule has 1 amide bonds. The van der Waals surface area contributed by atoms with Crippen molar-refractivity contribution in [2.24, 2.45) is 0 Å². The third-order valence-corrected chi connectivity index (χ3v) is 6.48. The standard InChI is InChI=1S/C26H24FN3O3S/c1-15-9-12-23(33-4)22(13-15)28-24(31)17(3)34-26-29-21-8-6-5-7-19(21)25(32)30(26)18-11-10-16(2)20(27)14-18/h5-14,17H,1-4H3,(H,28,31). The summed E-state index contributed by atoms with van der Waals surface area (Å²) in [5.41, 5.74) is 2.53. The Labute approximate surface area is 200 Å². The number of ether oxygens (including phenoxy) is 1. The zero-order valence-corrected chi connectivity index (χ0v) is 20.1. The Balaban J connectivity index is 1.73. The van der Waals surface area contributed by atoms with Crippen molar-refractivity contribution < 1.29 is 13.9 Å². The molecule has 1 aromatic heterocycles. The first-order chi connectivity index (χ1) is 16.3. The summed E-state index contributed by atoms with van der Waals surface area (Å²) in [7, 11) is 1.54. The predicted molar refractivity (Wildman–Crippen MR) is 134 cm³/mol. The number of fused-ring (bicyclic) bond motifs is 1. The van der Waals surface area contributed by atoms with Gasteiger partial charge in [0.15, 0.2) is 5.16 Å². The van der Waals surface area contributed by atoms with Crippen molar-refractivity contribution in [3.8, 4) is 11.4 Å². The number of rotatable bonds is 6. The van der Waals surface area contributed by atoms with Gasteiger partial charge in [-0.2, -0.15) is 0 Å². The van der Waals surface area contributed by atoms with Crippen molar-refractivity contribution >= 4 is 34.3 Å². The molecule has 3 aromatic carbocycles. The average molecular weight is 478 g/mol. The number of anilines is 1. The molecule has 0 aliphatic rings. The smallest absolute Gasteiger partial charge is 0.266 e. The van der Waals surface area contributed by atoms with Crippen LogP contribution < -0.4 is 15.6 Å². The molecule has 0 spiro atoms. The fourth-order valence-electron chi connectivity index (χ4n) is 3.51. The van der Waals surface area contributed by atoms with E-state index in [0.717, 1.165) is 17.3 Å². The fraction of sp³-hybridized carbons (Fsp3) is 0.192. The van der Waals surface area contributed by atoms with E-state index < -0.39 is 11.1 Å². The lowest BCUT2D eigenvalue weighted by Gasteiger charge is -2.17. The lowest BCUT2D eigenvalue weighted by atomic mass is 10.2. The molecule has 4 aromatic rings. The van der Waals surface area contributed by atoms with Gasteiger partial charge in [0.05, 0.1) is 34.6 Å². The van der Waals surface area contributed by atoms with Crippen LogP contribution in [0.4, 0.5) is 10.1 Å². The molecule has 8 heteroatoms. The second-order valence-corrected chi connectivity index (χ2v) is 9.25. The minimum absolute atomic E-state index is 0.280. The van der Waals surface area contributed by atoms with Crippen LogP contribution in [0.25, 0.3) is 16.6 Å². The summed E-state index contributed by atoms with van der Waals surface area (Å²) in [5.74, 6) is -0.157. The molecule has 0 bridgehead atoms. The first kappa shape index (κ1) is 23.5. The van der Waals surface area contributed by atoms with Gasteiger partial charge in [0, 0.05) is 0 Å². The van der Waals surface area contributed by atoms with Crippen molar-refractivity contribution in [2.45, 2.75) is 31.2 Å². The highest BCUT2D eigenvalue weighted by Gasteiger charge is 2.21. The summed E-state index contributed by atoms with van der Waals surface area (Å²) in [6.45, 7) is 5.30. The van der Waals surface area contributed by atoms with Gasteiger partial charge in [-0.05, 0) is 68.3 Å². The maximum absolute atomic E-state index is 14.4. The van der Waals surface area contributed by atoms with Gasteiger partial charge in [0.1, 0.15) is 11.6 Å². The number of amides is 1. The zero-order chi connectivity index (χ0) is 24.4. The molecule has 4 rings (SSSR count). The minimum atomic E-state index is -0.611. The summed E-state index contributed by atoms with van der Waals surface area (Å²) in [4.78, 5) is 31.0. The van der Waals surface area contributed by atoms with Crippen LogP contribution in [0.1, 0.15) is 18.1 Å². The quantitative estimate of drug-likeness (QED) is 0.303. The number of carbonyl (C=O) groups excluding carboxylic acids is 1. The predicted octanol–water partition coefficient (Wildman–Crippen LogP) is 5.27. The molecule has 1 heterocycles. The van der Waals surface area contributed by atoms with Crippen molar-refractivity contribution in [1.29, 1.82) is 0 Å². The summed E-state index contributed by atoms with van der Waals surface area (Å²) >= 11 is 1.13. The van der Waals surface area contributed by atoms with Crippen LogP contribution in [-0.4, -0.2) is 27.8 Å². The molecule has 34 heavy (non-hydrogen) atoms. The third-order valence-electron chi connectivity index (χ3n) is 5.42. The first-order valence-electron chi connectivity index (χ1n) is 10.7. The topological polar surface area (TPSA) is 73.2 Å². The van der Waals surface area contributed by atoms with E-state index in [1.807, 2.05) is 19.1 Å². The molecule has 1 N–H and O–H groups in total. The van der Waals surface area contributed by atoms with E-state index in [9.17, 15) is 14.0 Å². The largest absolute Gasteiger partial charge is 0.495 e. The molecule has 0 aliphatic carbocycles. The number of halogens is 1. The van der Waals surface area contributed by atoms with Gasteiger partial charge >= 0.3 is 0 Å². The Bertz CT molecular complexity index is 1450. The molecule has 174 valence electrons. The number of hydrogen-bond donors (Lipinski definition) is 1. The molecule has 1 unspecified atom stereocenters. The lowest BCUT2D eigenvalue weighted by molar-refractivity contribution is -0.115. The van der Waals surface area contributed by atoms with Gasteiger partial charge in [-0.1, -0.05) is 36.0 Å². The molecular weight excluding hydrogens is 453 g/mol. The maximum Gasteiger partial charge on any atom is 0.266 e. The summed E-state index contributed by atoms with van der Waals surface area (Å²) in [5, 5.41) is 2.99. The number of carbonyl (C=O) groups is 1. The number of thioether (sulfide) groups is 1. The summed E-state index contributed by atoms with van der Waals surface area (Å²) in [6.07, 6.45) is 0. The zero-order valence-electron chi connectivity index (χ0n) is 19.3. The van der Waals surface area contributed by atoms with E-state index in [2.05, 4.69) is 10.3 Å². The highest BCUT2D eigenvalue weighted by atomic mass is 32.2. The number of hydrogen-bond acceptors (Lipinski definition) is 5. The van der Waals surface area contributed by atoms with Crippen LogP contribution in [0.2, 0.25) is 0 Å². The van der Waals surface area contributed by atoms with E-state index in [0.29, 0.717) is 38.7 Å². The molecule has 0 saturated heterocycles. The normalized spacial score (nSPS) is 11.9. The number of aromatic nitrogens is 2. The number of methoxy groups -OCH3 is 1. The fourth-order valence-corrected chi connectivity index (χ4v) is 4.43. The Kier molecular flexibility index (Phi) is 6.70. The lowest BCUT2D eigenvalue weighted by Crippen LogP contribution is -2.26. The molecular formula is C26H24FN3O3S. The number of aryl methyl sites for hydroxylation is 2.